The normalized spacial score (nSPS) is 14.7. The summed E-state index contributed by atoms with van der Waals surface area (Å²) < 4.78 is 33.5. The van der Waals surface area contributed by atoms with E-state index < -0.39 is 22.8 Å². The van der Waals surface area contributed by atoms with Gasteiger partial charge in [0.15, 0.2) is 17.5 Å². The number of amides is 2. The topological polar surface area (TPSA) is 87.5 Å². The molecule has 1 aliphatic rings. The van der Waals surface area contributed by atoms with Gasteiger partial charge < -0.3 is 20.1 Å². The number of rotatable bonds is 7. The molecular weight excluding hydrogens is 402 g/mol. The van der Waals surface area contributed by atoms with Gasteiger partial charge in [-0.1, -0.05) is 5.16 Å². The Morgan fingerprint density at radius 1 is 1.21 bits per heavy atom. The molecule has 1 aromatic carbocycles. The van der Waals surface area contributed by atoms with Gasteiger partial charge in [-0.05, 0) is 38.8 Å². The molecule has 1 unspecified atom stereocenters. The summed E-state index contributed by atoms with van der Waals surface area (Å²) in [5, 5.41) is 8.19. The smallest absolute Gasteiger partial charge is 0.238 e. The lowest BCUT2D eigenvalue weighted by atomic mass is 10.2. The van der Waals surface area contributed by atoms with Crippen molar-refractivity contribution in [1.82, 2.24) is 5.16 Å². The number of carbonyl (C=O) groups excluding carboxylic acids is 2. The summed E-state index contributed by atoms with van der Waals surface area (Å²) in [5.74, 6) is -1.38. The molecule has 0 saturated carbocycles. The SMILES string of the molecule is Cc1cc(NC(=O)C(C)SCC(=O)Nc2cc(F)c(N3CCCC3)c(F)c2)no1. The molecule has 156 valence electrons. The van der Waals surface area contributed by atoms with Crippen molar-refractivity contribution >= 4 is 40.8 Å². The molecule has 10 heteroatoms. The maximum Gasteiger partial charge on any atom is 0.238 e. The van der Waals surface area contributed by atoms with E-state index in [0.29, 0.717) is 24.7 Å². The van der Waals surface area contributed by atoms with Gasteiger partial charge in [0.05, 0.1) is 11.0 Å². The van der Waals surface area contributed by atoms with Gasteiger partial charge in [-0.2, -0.15) is 0 Å². The first-order valence-corrected chi connectivity index (χ1v) is 10.3. The van der Waals surface area contributed by atoms with Crippen molar-refractivity contribution in [2.75, 3.05) is 34.4 Å². The van der Waals surface area contributed by atoms with Gasteiger partial charge >= 0.3 is 0 Å². The van der Waals surface area contributed by atoms with Crippen LogP contribution in [0, 0.1) is 18.6 Å². The van der Waals surface area contributed by atoms with E-state index in [1.807, 2.05) is 0 Å². The zero-order valence-corrected chi connectivity index (χ0v) is 16.9. The molecular formula is C19H22F2N4O3S. The lowest BCUT2D eigenvalue weighted by molar-refractivity contribution is -0.115. The van der Waals surface area contributed by atoms with E-state index in [4.69, 9.17) is 4.52 Å². The fourth-order valence-corrected chi connectivity index (χ4v) is 3.69. The van der Waals surface area contributed by atoms with Crippen LogP contribution in [-0.4, -0.2) is 41.1 Å². The number of benzene rings is 1. The molecule has 7 nitrogen and oxygen atoms in total. The number of halogens is 2. The van der Waals surface area contributed by atoms with Gasteiger partial charge in [-0.25, -0.2) is 8.78 Å². The number of thioether (sulfide) groups is 1. The highest BCUT2D eigenvalue weighted by atomic mass is 32.2. The number of hydrogen-bond donors (Lipinski definition) is 2. The monoisotopic (exact) mass is 424 g/mol. The van der Waals surface area contributed by atoms with E-state index in [0.717, 1.165) is 36.7 Å². The summed E-state index contributed by atoms with van der Waals surface area (Å²) in [6, 6.07) is 3.81. The van der Waals surface area contributed by atoms with Crippen molar-refractivity contribution < 1.29 is 22.9 Å². The lowest BCUT2D eigenvalue weighted by Crippen LogP contribution is -2.25. The minimum Gasteiger partial charge on any atom is -0.367 e. The van der Waals surface area contributed by atoms with E-state index >= 15 is 0 Å². The Morgan fingerprint density at radius 3 is 2.45 bits per heavy atom. The Balaban J connectivity index is 1.51. The van der Waals surface area contributed by atoms with E-state index in [-0.39, 0.29) is 23.0 Å². The standard InChI is InChI=1S/C19H22F2N4O3S/c1-11-7-16(24-28-11)23-19(27)12(2)29-10-17(26)22-13-8-14(20)18(15(21)9-13)25-5-3-4-6-25/h7-9,12H,3-6,10H2,1-2H3,(H,22,26)(H,23,24,27). The van der Waals surface area contributed by atoms with Crippen LogP contribution in [-0.2, 0) is 9.59 Å². The van der Waals surface area contributed by atoms with Crippen LogP contribution in [0.1, 0.15) is 25.5 Å². The molecule has 1 aliphatic heterocycles. The summed E-state index contributed by atoms with van der Waals surface area (Å²) >= 11 is 1.09. The molecule has 2 amide bonds. The first kappa shape index (κ1) is 21.1. The van der Waals surface area contributed by atoms with Crippen LogP contribution < -0.4 is 15.5 Å². The molecule has 1 fully saturated rings. The van der Waals surface area contributed by atoms with Crippen LogP contribution in [0.4, 0.5) is 26.0 Å². The van der Waals surface area contributed by atoms with Crippen molar-refractivity contribution in [3.05, 3.63) is 35.6 Å². The van der Waals surface area contributed by atoms with Crippen LogP contribution in [0.3, 0.4) is 0 Å². The number of anilines is 3. The first-order valence-electron chi connectivity index (χ1n) is 9.23. The van der Waals surface area contributed by atoms with Gasteiger partial charge in [-0.3, -0.25) is 9.59 Å². The van der Waals surface area contributed by atoms with Crippen LogP contribution >= 0.6 is 11.8 Å². The number of nitrogens with zero attached hydrogens (tertiary/aromatic N) is 2. The lowest BCUT2D eigenvalue weighted by Gasteiger charge is -2.20. The molecule has 29 heavy (non-hydrogen) atoms. The zero-order chi connectivity index (χ0) is 21.0. The molecule has 1 aromatic heterocycles. The summed E-state index contributed by atoms with van der Waals surface area (Å²) in [7, 11) is 0. The van der Waals surface area contributed by atoms with Crippen LogP contribution in [0.25, 0.3) is 0 Å². The molecule has 1 atom stereocenters. The molecule has 2 aromatic rings. The average molecular weight is 424 g/mol. The van der Waals surface area contributed by atoms with E-state index in [1.165, 1.54) is 0 Å². The predicted octanol–water partition coefficient (Wildman–Crippen LogP) is 3.56. The third kappa shape index (κ3) is 5.47. The van der Waals surface area contributed by atoms with Gasteiger partial charge in [-0.15, -0.1) is 11.8 Å². The number of aromatic nitrogens is 1. The molecule has 0 bridgehead atoms. The highest BCUT2D eigenvalue weighted by Crippen LogP contribution is 2.29. The van der Waals surface area contributed by atoms with E-state index in [9.17, 15) is 18.4 Å². The van der Waals surface area contributed by atoms with Crippen LogP contribution in [0.5, 0.6) is 0 Å². The van der Waals surface area contributed by atoms with Crippen molar-refractivity contribution in [3.63, 3.8) is 0 Å². The predicted molar refractivity (Wildman–Crippen MR) is 108 cm³/mol. The van der Waals surface area contributed by atoms with Crippen LogP contribution in [0.2, 0.25) is 0 Å². The van der Waals surface area contributed by atoms with Gasteiger partial charge in [0, 0.05) is 24.8 Å². The quantitative estimate of drug-likeness (QED) is 0.707. The first-order chi connectivity index (χ1) is 13.8. The second-order valence-electron chi connectivity index (χ2n) is 6.80. The van der Waals surface area contributed by atoms with Gasteiger partial charge in [0.1, 0.15) is 11.4 Å². The third-order valence-electron chi connectivity index (χ3n) is 4.44. The fourth-order valence-electron chi connectivity index (χ4n) is 3.01. The molecule has 0 aliphatic carbocycles. The highest BCUT2D eigenvalue weighted by Gasteiger charge is 2.22. The maximum absolute atomic E-state index is 14.3. The Labute approximate surface area is 171 Å². The minimum atomic E-state index is -0.703. The minimum absolute atomic E-state index is 0.0451. The van der Waals surface area contributed by atoms with Crippen LogP contribution in [0.15, 0.2) is 22.7 Å². The third-order valence-corrected chi connectivity index (χ3v) is 5.58. The summed E-state index contributed by atoms with van der Waals surface area (Å²) in [4.78, 5) is 25.9. The molecule has 0 spiro atoms. The number of hydrogen-bond acceptors (Lipinski definition) is 6. The Kier molecular flexibility index (Phi) is 6.73. The van der Waals surface area contributed by atoms with Crippen molar-refractivity contribution in [1.29, 1.82) is 0 Å². The second-order valence-corrected chi connectivity index (χ2v) is 8.13. The summed E-state index contributed by atoms with van der Waals surface area (Å²) in [5.41, 5.74) is -0.00742. The van der Waals surface area contributed by atoms with Gasteiger partial charge in [0.25, 0.3) is 0 Å². The van der Waals surface area contributed by atoms with Crippen molar-refractivity contribution in [3.8, 4) is 0 Å². The number of carbonyl (C=O) groups is 2. The van der Waals surface area contributed by atoms with Crippen molar-refractivity contribution in [2.45, 2.75) is 31.9 Å². The highest BCUT2D eigenvalue weighted by molar-refractivity contribution is 8.01. The Bertz CT molecular complexity index is 876. The molecule has 2 N–H and O–H groups in total. The molecule has 3 rings (SSSR count). The Hall–Kier alpha value is -2.62. The molecule has 0 radical (unpaired) electrons. The summed E-state index contributed by atoms with van der Waals surface area (Å²) in [6.07, 6.45) is 1.80. The van der Waals surface area contributed by atoms with E-state index in [2.05, 4.69) is 15.8 Å². The van der Waals surface area contributed by atoms with Crippen molar-refractivity contribution in [2.24, 2.45) is 0 Å². The van der Waals surface area contributed by atoms with Gasteiger partial charge in [0.2, 0.25) is 11.8 Å². The average Bonchev–Trinajstić information content (AvgIpc) is 3.31. The zero-order valence-electron chi connectivity index (χ0n) is 16.1. The van der Waals surface area contributed by atoms with E-state index in [1.54, 1.807) is 24.8 Å². The maximum atomic E-state index is 14.3. The summed E-state index contributed by atoms with van der Waals surface area (Å²) in [6.45, 7) is 4.58. The number of aryl methyl sites for hydroxylation is 1. The molecule has 2 heterocycles. The second kappa shape index (κ2) is 9.25. The Morgan fingerprint density at radius 2 is 1.86 bits per heavy atom. The number of nitrogens with one attached hydrogen (secondary N) is 2. The fraction of sp³-hybridized carbons (Fsp3) is 0.421. The largest absolute Gasteiger partial charge is 0.367 e. The molecule has 1 saturated heterocycles.